The molecule has 2 atom stereocenters. The van der Waals surface area contributed by atoms with E-state index in [1.165, 1.54) is 6.08 Å². The van der Waals surface area contributed by atoms with Crippen LogP contribution < -0.4 is 20.1 Å². The van der Waals surface area contributed by atoms with Gasteiger partial charge < -0.3 is 20.1 Å². The van der Waals surface area contributed by atoms with Crippen LogP contribution in [0.4, 0.5) is 0 Å². The molecule has 0 aromatic heterocycles. The van der Waals surface area contributed by atoms with Gasteiger partial charge in [0.05, 0.1) is 13.2 Å². The highest BCUT2D eigenvalue weighted by Gasteiger charge is 2.28. The standard InChI is InChI=1S/C23H34N2O4/c1-5-28-20-12-10-17(14-21(20)29-6-2)11-13-22(26)25-19-9-7-8-18(15-19)23(27)24-16(3)4/h10-14,16,18-19H,5-9,15H2,1-4H3,(H,24,27)(H,25,26)/b13-11+. The van der Waals surface area contributed by atoms with Gasteiger partial charge in [-0.15, -0.1) is 0 Å². The molecule has 1 aromatic carbocycles. The minimum absolute atomic E-state index is 0.0275. The van der Waals surface area contributed by atoms with Crippen LogP contribution >= 0.6 is 0 Å². The average Bonchev–Trinajstić information content (AvgIpc) is 2.68. The Morgan fingerprint density at radius 3 is 2.55 bits per heavy atom. The minimum Gasteiger partial charge on any atom is -0.490 e. The van der Waals surface area contributed by atoms with Crippen LogP contribution in [0, 0.1) is 5.92 Å². The van der Waals surface area contributed by atoms with Crippen molar-refractivity contribution in [2.45, 2.75) is 65.5 Å². The van der Waals surface area contributed by atoms with Crippen molar-refractivity contribution in [1.82, 2.24) is 10.6 Å². The molecule has 0 aliphatic heterocycles. The maximum atomic E-state index is 12.4. The number of carbonyl (C=O) groups is 2. The largest absolute Gasteiger partial charge is 0.490 e. The number of nitrogens with one attached hydrogen (secondary N) is 2. The molecule has 1 aliphatic rings. The first kappa shape index (κ1) is 22.8. The lowest BCUT2D eigenvalue weighted by Crippen LogP contribution is -2.43. The van der Waals surface area contributed by atoms with Gasteiger partial charge in [-0.05, 0) is 70.7 Å². The number of ether oxygens (including phenoxy) is 2. The van der Waals surface area contributed by atoms with Crippen molar-refractivity contribution in [3.8, 4) is 11.5 Å². The summed E-state index contributed by atoms with van der Waals surface area (Å²) in [7, 11) is 0. The summed E-state index contributed by atoms with van der Waals surface area (Å²) in [6, 6.07) is 5.78. The van der Waals surface area contributed by atoms with E-state index in [9.17, 15) is 9.59 Å². The van der Waals surface area contributed by atoms with E-state index in [2.05, 4.69) is 10.6 Å². The quantitative estimate of drug-likeness (QED) is 0.618. The Labute approximate surface area is 174 Å². The smallest absolute Gasteiger partial charge is 0.244 e. The lowest BCUT2D eigenvalue weighted by atomic mass is 9.85. The predicted octanol–water partition coefficient (Wildman–Crippen LogP) is 3.70. The highest BCUT2D eigenvalue weighted by atomic mass is 16.5. The Morgan fingerprint density at radius 1 is 1.14 bits per heavy atom. The minimum atomic E-state index is -0.147. The van der Waals surface area contributed by atoms with E-state index in [-0.39, 0.29) is 29.8 Å². The van der Waals surface area contributed by atoms with Crippen molar-refractivity contribution >= 4 is 17.9 Å². The fourth-order valence-corrected chi connectivity index (χ4v) is 3.55. The van der Waals surface area contributed by atoms with E-state index < -0.39 is 0 Å². The third-order valence-electron chi connectivity index (χ3n) is 4.82. The molecule has 6 nitrogen and oxygen atoms in total. The summed E-state index contributed by atoms with van der Waals surface area (Å²) < 4.78 is 11.2. The molecule has 29 heavy (non-hydrogen) atoms. The second-order valence-electron chi connectivity index (χ2n) is 7.64. The Hall–Kier alpha value is -2.50. The van der Waals surface area contributed by atoms with Gasteiger partial charge in [0.1, 0.15) is 0 Å². The molecule has 1 aliphatic carbocycles. The summed E-state index contributed by atoms with van der Waals surface area (Å²) in [5.74, 6) is 1.28. The van der Waals surface area contributed by atoms with E-state index in [1.54, 1.807) is 6.08 Å². The molecule has 2 rings (SSSR count). The molecular formula is C23H34N2O4. The summed E-state index contributed by atoms with van der Waals surface area (Å²) in [6.07, 6.45) is 6.72. The lowest BCUT2D eigenvalue weighted by molar-refractivity contribution is -0.127. The average molecular weight is 403 g/mol. The Balaban J connectivity index is 1.93. The zero-order valence-corrected chi connectivity index (χ0v) is 18.0. The van der Waals surface area contributed by atoms with E-state index in [4.69, 9.17) is 9.47 Å². The Kier molecular flexibility index (Phi) is 9.03. The molecule has 0 radical (unpaired) electrons. The normalized spacial score (nSPS) is 19.2. The van der Waals surface area contributed by atoms with Crippen molar-refractivity contribution in [2.75, 3.05) is 13.2 Å². The van der Waals surface area contributed by atoms with Crippen LogP contribution in [0.1, 0.15) is 58.9 Å². The summed E-state index contributed by atoms with van der Waals surface area (Å²) in [5.41, 5.74) is 0.866. The van der Waals surface area contributed by atoms with Crippen LogP contribution in [0.25, 0.3) is 6.08 Å². The lowest BCUT2D eigenvalue weighted by Gasteiger charge is -2.29. The van der Waals surface area contributed by atoms with E-state index in [1.807, 2.05) is 45.9 Å². The van der Waals surface area contributed by atoms with Gasteiger partial charge in [0.15, 0.2) is 11.5 Å². The van der Waals surface area contributed by atoms with Crippen molar-refractivity contribution in [1.29, 1.82) is 0 Å². The summed E-state index contributed by atoms with van der Waals surface area (Å²) in [6.45, 7) is 8.88. The van der Waals surface area contributed by atoms with Crippen molar-refractivity contribution < 1.29 is 19.1 Å². The molecule has 160 valence electrons. The summed E-state index contributed by atoms with van der Waals surface area (Å²) >= 11 is 0. The van der Waals surface area contributed by atoms with Crippen LogP contribution in [-0.2, 0) is 9.59 Å². The summed E-state index contributed by atoms with van der Waals surface area (Å²) in [5, 5.41) is 6.01. The first-order valence-corrected chi connectivity index (χ1v) is 10.6. The third kappa shape index (κ3) is 7.44. The van der Waals surface area contributed by atoms with Gasteiger partial charge >= 0.3 is 0 Å². The SMILES string of the molecule is CCOc1ccc(/C=C/C(=O)NC2CCCC(C(=O)NC(C)C)C2)cc1OCC. The zero-order valence-electron chi connectivity index (χ0n) is 18.0. The first-order valence-electron chi connectivity index (χ1n) is 10.6. The molecule has 6 heteroatoms. The van der Waals surface area contributed by atoms with Gasteiger partial charge in [0.25, 0.3) is 0 Å². The van der Waals surface area contributed by atoms with Crippen molar-refractivity contribution in [3.63, 3.8) is 0 Å². The van der Waals surface area contributed by atoms with Crippen molar-refractivity contribution in [3.05, 3.63) is 29.8 Å². The van der Waals surface area contributed by atoms with Gasteiger partial charge in [-0.25, -0.2) is 0 Å². The fourth-order valence-electron chi connectivity index (χ4n) is 3.55. The second kappa shape index (κ2) is 11.5. The van der Waals surface area contributed by atoms with E-state index in [0.29, 0.717) is 31.1 Å². The van der Waals surface area contributed by atoms with E-state index in [0.717, 1.165) is 24.8 Å². The molecule has 1 aromatic rings. The first-order chi connectivity index (χ1) is 13.9. The van der Waals surface area contributed by atoms with Crippen LogP contribution in [0.15, 0.2) is 24.3 Å². The maximum Gasteiger partial charge on any atom is 0.244 e. The molecule has 1 saturated carbocycles. The maximum absolute atomic E-state index is 12.4. The van der Waals surface area contributed by atoms with Gasteiger partial charge in [0, 0.05) is 24.1 Å². The van der Waals surface area contributed by atoms with Crippen LogP contribution in [0.3, 0.4) is 0 Å². The van der Waals surface area contributed by atoms with Crippen LogP contribution in [-0.4, -0.2) is 37.1 Å². The van der Waals surface area contributed by atoms with Crippen LogP contribution in [0.2, 0.25) is 0 Å². The zero-order chi connectivity index (χ0) is 21.2. The number of amides is 2. The van der Waals surface area contributed by atoms with Crippen LogP contribution in [0.5, 0.6) is 11.5 Å². The third-order valence-corrected chi connectivity index (χ3v) is 4.82. The molecule has 0 heterocycles. The Bertz CT molecular complexity index is 715. The monoisotopic (exact) mass is 402 g/mol. The van der Waals surface area contributed by atoms with E-state index >= 15 is 0 Å². The molecule has 0 spiro atoms. The molecule has 2 amide bonds. The highest BCUT2D eigenvalue weighted by Crippen LogP contribution is 2.29. The van der Waals surface area contributed by atoms with Gasteiger partial charge in [-0.1, -0.05) is 12.5 Å². The number of carbonyl (C=O) groups excluding carboxylic acids is 2. The molecule has 0 bridgehead atoms. The number of rotatable bonds is 9. The number of hydrogen-bond acceptors (Lipinski definition) is 4. The second-order valence-corrected chi connectivity index (χ2v) is 7.64. The Morgan fingerprint density at radius 2 is 1.86 bits per heavy atom. The highest BCUT2D eigenvalue weighted by molar-refractivity contribution is 5.92. The van der Waals surface area contributed by atoms with Crippen molar-refractivity contribution in [2.24, 2.45) is 5.92 Å². The summed E-state index contributed by atoms with van der Waals surface area (Å²) in [4.78, 5) is 24.6. The molecule has 2 unspecified atom stereocenters. The molecule has 1 fully saturated rings. The molecule has 2 N–H and O–H groups in total. The number of hydrogen-bond donors (Lipinski definition) is 2. The van der Waals surface area contributed by atoms with Gasteiger partial charge in [-0.3, -0.25) is 9.59 Å². The molecular weight excluding hydrogens is 368 g/mol. The predicted molar refractivity (Wildman–Crippen MR) is 115 cm³/mol. The van der Waals surface area contributed by atoms with Gasteiger partial charge in [-0.2, -0.15) is 0 Å². The number of benzene rings is 1. The topological polar surface area (TPSA) is 76.7 Å². The molecule has 0 saturated heterocycles. The van der Waals surface area contributed by atoms with Gasteiger partial charge in [0.2, 0.25) is 11.8 Å². The fraction of sp³-hybridized carbons (Fsp3) is 0.565.